The van der Waals surface area contributed by atoms with Crippen LogP contribution in [-0.2, 0) is 22.6 Å². The van der Waals surface area contributed by atoms with Gasteiger partial charge < -0.3 is 24.4 Å². The highest BCUT2D eigenvalue weighted by molar-refractivity contribution is 5.99. The van der Waals surface area contributed by atoms with Crippen molar-refractivity contribution in [3.05, 3.63) is 99.0 Å². The van der Waals surface area contributed by atoms with Crippen molar-refractivity contribution in [2.45, 2.75) is 44.7 Å². The molecule has 0 aliphatic carbocycles. The Hall–Kier alpha value is -4.29. The minimum absolute atomic E-state index is 0.0131. The van der Waals surface area contributed by atoms with E-state index < -0.39 is 35.0 Å². The lowest BCUT2D eigenvalue weighted by atomic mass is 10.0. The zero-order chi connectivity index (χ0) is 30.0. The molecule has 5 rings (SSSR count). The van der Waals surface area contributed by atoms with Gasteiger partial charge in [0.05, 0.1) is 12.6 Å². The molecular formula is C30H32F2N4O6. The number of halogens is 2. The first-order valence-corrected chi connectivity index (χ1v) is 13.5. The van der Waals surface area contributed by atoms with Crippen LogP contribution in [0.2, 0.25) is 0 Å². The van der Waals surface area contributed by atoms with E-state index in [0.29, 0.717) is 12.5 Å². The highest BCUT2D eigenvalue weighted by atomic mass is 19.1. The summed E-state index contributed by atoms with van der Waals surface area (Å²) in [6, 6.07) is 11.9. The Labute approximate surface area is 241 Å². The topological polar surface area (TPSA) is 102 Å². The fraction of sp³-hybridized carbons (Fsp3) is 0.367. The Morgan fingerprint density at radius 1 is 1.05 bits per heavy atom. The number of ether oxygens (including phenoxy) is 3. The van der Waals surface area contributed by atoms with Gasteiger partial charge in [0, 0.05) is 44.6 Å². The fourth-order valence-electron chi connectivity index (χ4n) is 5.31. The quantitative estimate of drug-likeness (QED) is 0.436. The molecule has 2 aromatic carbocycles. The summed E-state index contributed by atoms with van der Waals surface area (Å²) in [6.07, 6.45) is 1.14. The third kappa shape index (κ3) is 5.72. The standard InChI is InChI=1S/C30H32F2N4O6/c1-18-11-24(40-2)25(41-3)15-34-17-36(18)35-14-22(29(38)33-13-20-9-10-21(31)12-23(20)32)27(37)28(26(35)30(34)39)42-16-19-7-5-4-6-8-19/h4-10,12,14,18,24-25H,11,13,15-17H2,1-3H3,(H,33,38)/t18-,24+,25-/m1/s1. The lowest BCUT2D eigenvalue weighted by Crippen LogP contribution is -2.62. The van der Waals surface area contributed by atoms with Crippen molar-refractivity contribution in [1.82, 2.24) is 14.9 Å². The first-order valence-electron chi connectivity index (χ1n) is 13.5. The zero-order valence-electron chi connectivity index (χ0n) is 23.5. The molecule has 1 N–H and O–H groups in total. The van der Waals surface area contributed by atoms with Crippen molar-refractivity contribution in [3.8, 4) is 5.75 Å². The van der Waals surface area contributed by atoms with Crippen LogP contribution in [0.4, 0.5) is 8.78 Å². The number of pyridine rings is 1. The number of methoxy groups -OCH3 is 2. The number of hydrogen-bond donors (Lipinski definition) is 1. The maximum Gasteiger partial charge on any atom is 0.277 e. The molecule has 1 aromatic heterocycles. The highest BCUT2D eigenvalue weighted by Crippen LogP contribution is 2.28. The Balaban J connectivity index is 1.57. The minimum atomic E-state index is -0.827. The number of nitrogens with one attached hydrogen (secondary N) is 1. The fourth-order valence-corrected chi connectivity index (χ4v) is 5.31. The molecule has 2 aliphatic heterocycles. The summed E-state index contributed by atoms with van der Waals surface area (Å²) in [5.74, 6) is -3.11. The van der Waals surface area contributed by atoms with Crippen molar-refractivity contribution >= 4 is 11.8 Å². The average Bonchev–Trinajstić information content (AvgIpc) is 2.98. The number of aromatic nitrogens is 1. The number of benzene rings is 2. The van der Waals surface area contributed by atoms with Crippen molar-refractivity contribution in [2.24, 2.45) is 0 Å². The van der Waals surface area contributed by atoms with Gasteiger partial charge in [-0.25, -0.2) is 8.78 Å². The predicted molar refractivity (Wildman–Crippen MR) is 149 cm³/mol. The molecule has 3 heterocycles. The molecule has 3 aromatic rings. The monoisotopic (exact) mass is 582 g/mol. The van der Waals surface area contributed by atoms with Crippen molar-refractivity contribution in [2.75, 3.05) is 32.4 Å². The van der Waals surface area contributed by atoms with Gasteiger partial charge in [0.1, 0.15) is 36.6 Å². The maximum absolute atomic E-state index is 14.2. The third-order valence-electron chi connectivity index (χ3n) is 7.66. The van der Waals surface area contributed by atoms with Gasteiger partial charge in [-0.2, -0.15) is 0 Å². The van der Waals surface area contributed by atoms with Gasteiger partial charge in [-0.15, -0.1) is 0 Å². The second kappa shape index (κ2) is 12.3. The molecule has 1 fully saturated rings. The van der Waals surface area contributed by atoms with Crippen LogP contribution < -0.4 is 20.5 Å². The second-order valence-corrected chi connectivity index (χ2v) is 10.3. The number of nitrogens with zero attached hydrogens (tertiary/aromatic N) is 3. The summed E-state index contributed by atoms with van der Waals surface area (Å²) in [7, 11) is 3.14. The van der Waals surface area contributed by atoms with E-state index in [9.17, 15) is 23.2 Å². The minimum Gasteiger partial charge on any atom is -0.482 e. The third-order valence-corrected chi connectivity index (χ3v) is 7.66. The molecule has 2 bridgehead atoms. The zero-order valence-corrected chi connectivity index (χ0v) is 23.5. The smallest absolute Gasteiger partial charge is 0.277 e. The molecule has 10 nitrogen and oxygen atoms in total. The van der Waals surface area contributed by atoms with Crippen LogP contribution in [0.5, 0.6) is 5.75 Å². The van der Waals surface area contributed by atoms with Crippen LogP contribution in [0.25, 0.3) is 0 Å². The molecule has 0 saturated carbocycles. The van der Waals surface area contributed by atoms with Crippen LogP contribution in [0.15, 0.2) is 59.5 Å². The summed E-state index contributed by atoms with van der Waals surface area (Å²) in [4.78, 5) is 42.6. The van der Waals surface area contributed by atoms with E-state index in [1.165, 1.54) is 16.9 Å². The molecule has 1 saturated heterocycles. The van der Waals surface area contributed by atoms with E-state index in [1.807, 2.05) is 42.3 Å². The van der Waals surface area contributed by atoms with E-state index in [-0.39, 0.29) is 61.1 Å². The number of hydrogen-bond acceptors (Lipinski definition) is 7. The number of fused-ring (bicyclic) bond motifs is 4. The number of amides is 2. The molecular weight excluding hydrogens is 550 g/mol. The molecule has 2 amide bonds. The SMILES string of the molecule is CO[C@H]1C[C@@H](C)N2CN(C[C@H]1OC)C(=O)c1c(OCc3ccccc3)c(=O)c(C(=O)NCc3ccc(F)cc3F)cn12. The molecule has 222 valence electrons. The van der Waals surface area contributed by atoms with Crippen LogP contribution in [0, 0.1) is 11.6 Å². The van der Waals surface area contributed by atoms with Gasteiger partial charge in [-0.3, -0.25) is 24.1 Å². The number of carbonyl (C=O) groups is 2. The van der Waals surface area contributed by atoms with Gasteiger partial charge in [-0.05, 0) is 25.0 Å². The maximum atomic E-state index is 14.2. The Morgan fingerprint density at radius 3 is 2.48 bits per heavy atom. The second-order valence-electron chi connectivity index (χ2n) is 10.3. The first kappa shape index (κ1) is 29.2. The summed E-state index contributed by atoms with van der Waals surface area (Å²) >= 11 is 0. The summed E-state index contributed by atoms with van der Waals surface area (Å²) in [6.45, 7) is 2.03. The first-order chi connectivity index (χ1) is 20.2. The van der Waals surface area contributed by atoms with E-state index >= 15 is 0 Å². The summed E-state index contributed by atoms with van der Waals surface area (Å²) in [5, 5.41) is 4.39. The van der Waals surface area contributed by atoms with E-state index in [2.05, 4.69) is 5.32 Å². The average molecular weight is 583 g/mol. The summed E-state index contributed by atoms with van der Waals surface area (Å²) < 4.78 is 46.4. The molecule has 0 unspecified atom stereocenters. The Bertz CT molecular complexity index is 1530. The number of rotatable bonds is 8. The highest BCUT2D eigenvalue weighted by Gasteiger charge is 2.41. The van der Waals surface area contributed by atoms with Gasteiger partial charge in [0.2, 0.25) is 5.43 Å². The van der Waals surface area contributed by atoms with Crippen LogP contribution >= 0.6 is 0 Å². The van der Waals surface area contributed by atoms with Crippen LogP contribution in [0.3, 0.4) is 0 Å². The predicted octanol–water partition coefficient (Wildman–Crippen LogP) is 2.81. The van der Waals surface area contributed by atoms with E-state index in [0.717, 1.165) is 11.6 Å². The molecule has 2 aliphatic rings. The normalized spacial score (nSPS) is 20.0. The van der Waals surface area contributed by atoms with E-state index in [4.69, 9.17) is 14.2 Å². The van der Waals surface area contributed by atoms with Crippen molar-refractivity contribution < 1.29 is 32.6 Å². The van der Waals surface area contributed by atoms with Gasteiger partial charge in [0.25, 0.3) is 11.8 Å². The Kier molecular flexibility index (Phi) is 8.55. The molecule has 0 spiro atoms. The van der Waals surface area contributed by atoms with Gasteiger partial charge >= 0.3 is 0 Å². The van der Waals surface area contributed by atoms with Crippen molar-refractivity contribution in [1.29, 1.82) is 0 Å². The lowest BCUT2D eigenvalue weighted by molar-refractivity contribution is -0.0623. The van der Waals surface area contributed by atoms with Crippen LogP contribution in [0.1, 0.15) is 45.3 Å². The van der Waals surface area contributed by atoms with Gasteiger partial charge in [-0.1, -0.05) is 36.4 Å². The lowest BCUT2D eigenvalue weighted by Gasteiger charge is -2.47. The summed E-state index contributed by atoms with van der Waals surface area (Å²) in [5.41, 5.74) is -0.290. The molecule has 12 heteroatoms. The number of carbonyl (C=O) groups excluding carboxylic acids is 2. The molecule has 3 atom stereocenters. The van der Waals surface area contributed by atoms with Crippen molar-refractivity contribution in [3.63, 3.8) is 0 Å². The largest absolute Gasteiger partial charge is 0.482 e. The van der Waals surface area contributed by atoms with Crippen LogP contribution in [-0.4, -0.2) is 67.1 Å². The van der Waals surface area contributed by atoms with Gasteiger partial charge in [0.15, 0.2) is 11.4 Å². The Morgan fingerprint density at radius 2 is 1.79 bits per heavy atom. The molecule has 0 radical (unpaired) electrons. The molecule has 42 heavy (non-hydrogen) atoms. The van der Waals surface area contributed by atoms with E-state index in [1.54, 1.807) is 19.1 Å².